The van der Waals surface area contributed by atoms with Gasteiger partial charge in [0.05, 0.1) is 13.1 Å². The SMILES string of the molecule is [N-]=[N+]=NN1CC2CCCC(c3ccc(F)cc3)C2C1. The van der Waals surface area contributed by atoms with Gasteiger partial charge in [0.25, 0.3) is 0 Å². The maximum atomic E-state index is 13.0. The van der Waals surface area contributed by atoms with Crippen LogP contribution in [0.5, 0.6) is 0 Å². The van der Waals surface area contributed by atoms with Crippen molar-refractivity contribution in [2.24, 2.45) is 17.1 Å². The van der Waals surface area contributed by atoms with Crippen LogP contribution in [0.4, 0.5) is 4.39 Å². The first-order valence-corrected chi connectivity index (χ1v) is 6.83. The minimum Gasteiger partial charge on any atom is -0.247 e. The molecule has 1 saturated carbocycles. The fraction of sp³-hybridized carbons (Fsp3) is 0.571. The van der Waals surface area contributed by atoms with E-state index < -0.39 is 0 Å². The maximum absolute atomic E-state index is 13.0. The molecule has 0 bridgehead atoms. The quantitative estimate of drug-likeness (QED) is 0.452. The number of rotatable bonds is 2. The van der Waals surface area contributed by atoms with Crippen LogP contribution in [0.1, 0.15) is 30.7 Å². The second-order valence-corrected chi connectivity index (χ2v) is 5.56. The third-order valence-corrected chi connectivity index (χ3v) is 4.54. The van der Waals surface area contributed by atoms with Gasteiger partial charge in [-0.3, -0.25) is 0 Å². The van der Waals surface area contributed by atoms with Crippen LogP contribution in [0.25, 0.3) is 10.4 Å². The highest BCUT2D eigenvalue weighted by Crippen LogP contribution is 2.45. The molecule has 1 aliphatic carbocycles. The molecule has 3 rings (SSSR count). The highest BCUT2D eigenvalue weighted by atomic mass is 19.1. The van der Waals surface area contributed by atoms with Gasteiger partial charge in [-0.05, 0) is 41.7 Å². The van der Waals surface area contributed by atoms with Crippen molar-refractivity contribution in [2.75, 3.05) is 13.1 Å². The molecule has 0 spiro atoms. The monoisotopic (exact) mass is 260 g/mol. The molecule has 1 aromatic carbocycles. The normalized spacial score (nSPS) is 29.7. The van der Waals surface area contributed by atoms with Gasteiger partial charge >= 0.3 is 0 Å². The number of fused-ring (bicyclic) bond motifs is 1. The van der Waals surface area contributed by atoms with Gasteiger partial charge < -0.3 is 0 Å². The van der Waals surface area contributed by atoms with Gasteiger partial charge in [-0.2, -0.15) is 4.91 Å². The second-order valence-electron chi connectivity index (χ2n) is 5.56. The van der Waals surface area contributed by atoms with Crippen molar-refractivity contribution in [3.05, 3.63) is 46.1 Å². The lowest BCUT2D eigenvalue weighted by Gasteiger charge is -2.31. The average Bonchev–Trinajstić information content (AvgIpc) is 2.82. The Morgan fingerprint density at radius 2 is 2.00 bits per heavy atom. The highest BCUT2D eigenvalue weighted by molar-refractivity contribution is 5.23. The van der Waals surface area contributed by atoms with E-state index >= 15 is 0 Å². The van der Waals surface area contributed by atoms with E-state index in [1.807, 2.05) is 17.1 Å². The molecule has 100 valence electrons. The standard InChI is InChI=1S/C14H17FN4/c15-12-6-4-10(5-7-12)13-3-1-2-11-8-19(18-17-16)9-14(11)13/h4-7,11,13-14H,1-3,8-9H2. The van der Waals surface area contributed by atoms with Gasteiger partial charge in [0, 0.05) is 11.8 Å². The molecule has 2 fully saturated rings. The van der Waals surface area contributed by atoms with Crippen LogP contribution >= 0.6 is 0 Å². The minimum absolute atomic E-state index is 0.182. The van der Waals surface area contributed by atoms with Crippen molar-refractivity contribution in [3.63, 3.8) is 0 Å². The zero-order valence-electron chi connectivity index (χ0n) is 10.7. The Bertz CT molecular complexity index is 495. The van der Waals surface area contributed by atoms with Crippen molar-refractivity contribution >= 4 is 0 Å². The Labute approximate surface area is 111 Å². The Morgan fingerprint density at radius 3 is 2.74 bits per heavy atom. The zero-order chi connectivity index (χ0) is 13.2. The van der Waals surface area contributed by atoms with Crippen LogP contribution in [0.15, 0.2) is 29.5 Å². The van der Waals surface area contributed by atoms with Crippen molar-refractivity contribution < 1.29 is 4.39 Å². The van der Waals surface area contributed by atoms with Crippen LogP contribution in [0.3, 0.4) is 0 Å². The summed E-state index contributed by atoms with van der Waals surface area (Å²) in [6.45, 7) is 1.70. The fourth-order valence-corrected chi connectivity index (χ4v) is 3.70. The van der Waals surface area contributed by atoms with Crippen molar-refractivity contribution in [3.8, 4) is 0 Å². The predicted molar refractivity (Wildman–Crippen MR) is 70.7 cm³/mol. The van der Waals surface area contributed by atoms with Crippen LogP contribution in [-0.4, -0.2) is 18.1 Å². The topological polar surface area (TPSA) is 52.0 Å². The van der Waals surface area contributed by atoms with Crippen LogP contribution in [0, 0.1) is 17.7 Å². The molecule has 0 N–H and O–H groups in total. The Morgan fingerprint density at radius 1 is 1.21 bits per heavy atom. The number of hydrogen-bond donors (Lipinski definition) is 0. The molecule has 2 aliphatic rings. The predicted octanol–water partition coefficient (Wildman–Crippen LogP) is 3.87. The minimum atomic E-state index is -0.182. The third kappa shape index (κ3) is 2.38. The largest absolute Gasteiger partial charge is 0.247 e. The molecule has 0 radical (unpaired) electrons. The van der Waals surface area contributed by atoms with E-state index in [1.54, 1.807) is 12.1 Å². The maximum Gasteiger partial charge on any atom is 0.123 e. The van der Waals surface area contributed by atoms with E-state index in [1.165, 1.54) is 18.4 Å². The van der Waals surface area contributed by atoms with E-state index in [2.05, 4.69) is 10.1 Å². The summed E-state index contributed by atoms with van der Waals surface area (Å²) in [4.78, 5) is 2.89. The van der Waals surface area contributed by atoms with Gasteiger partial charge in [-0.1, -0.05) is 18.6 Å². The lowest BCUT2D eigenvalue weighted by molar-refractivity contribution is 0.257. The van der Waals surface area contributed by atoms with E-state index in [0.29, 0.717) is 17.8 Å². The summed E-state index contributed by atoms with van der Waals surface area (Å²) >= 11 is 0. The summed E-state index contributed by atoms with van der Waals surface area (Å²) in [6, 6.07) is 6.88. The van der Waals surface area contributed by atoms with Crippen molar-refractivity contribution in [1.82, 2.24) is 5.01 Å². The zero-order valence-corrected chi connectivity index (χ0v) is 10.7. The molecule has 3 atom stereocenters. The smallest absolute Gasteiger partial charge is 0.123 e. The van der Waals surface area contributed by atoms with E-state index in [-0.39, 0.29) is 5.82 Å². The lowest BCUT2D eigenvalue weighted by atomic mass is 9.71. The first-order valence-electron chi connectivity index (χ1n) is 6.83. The summed E-state index contributed by atoms with van der Waals surface area (Å²) in [7, 11) is 0. The molecule has 1 saturated heterocycles. The fourth-order valence-electron chi connectivity index (χ4n) is 3.70. The summed E-state index contributed by atoms with van der Waals surface area (Å²) in [5.74, 6) is 1.43. The van der Waals surface area contributed by atoms with Crippen molar-refractivity contribution in [1.29, 1.82) is 0 Å². The van der Waals surface area contributed by atoms with Crippen molar-refractivity contribution in [2.45, 2.75) is 25.2 Å². The van der Waals surface area contributed by atoms with Gasteiger partial charge in [0.1, 0.15) is 5.82 Å². The lowest BCUT2D eigenvalue weighted by Crippen LogP contribution is -2.25. The highest BCUT2D eigenvalue weighted by Gasteiger charge is 2.42. The van der Waals surface area contributed by atoms with Crippen LogP contribution in [0.2, 0.25) is 0 Å². The van der Waals surface area contributed by atoms with Gasteiger partial charge in [0.2, 0.25) is 0 Å². The molecule has 0 aromatic heterocycles. The number of halogens is 1. The van der Waals surface area contributed by atoms with E-state index in [9.17, 15) is 4.39 Å². The molecule has 3 unspecified atom stereocenters. The molecule has 19 heavy (non-hydrogen) atoms. The average molecular weight is 260 g/mol. The summed E-state index contributed by atoms with van der Waals surface area (Å²) in [5, 5.41) is 5.59. The molecule has 1 aromatic rings. The van der Waals surface area contributed by atoms with Gasteiger partial charge in [-0.25, -0.2) is 9.40 Å². The third-order valence-electron chi connectivity index (χ3n) is 4.54. The first-order chi connectivity index (χ1) is 9.28. The Hall–Kier alpha value is -1.74. The number of hydrogen-bond acceptors (Lipinski definition) is 1. The Balaban J connectivity index is 1.82. The summed E-state index contributed by atoms with van der Waals surface area (Å²) < 4.78 is 13.0. The number of azide groups is 1. The molecule has 5 heteroatoms. The molecule has 1 heterocycles. The molecule has 0 amide bonds. The van der Waals surface area contributed by atoms with Gasteiger partial charge in [0.15, 0.2) is 0 Å². The number of nitrogens with zero attached hydrogens (tertiary/aromatic N) is 4. The molecule has 1 aliphatic heterocycles. The Kier molecular flexibility index (Phi) is 3.30. The first kappa shape index (κ1) is 12.3. The summed E-state index contributed by atoms with van der Waals surface area (Å²) in [5.41, 5.74) is 9.77. The van der Waals surface area contributed by atoms with Crippen LogP contribution in [-0.2, 0) is 0 Å². The second kappa shape index (κ2) is 5.10. The number of benzene rings is 1. The van der Waals surface area contributed by atoms with Crippen LogP contribution < -0.4 is 0 Å². The van der Waals surface area contributed by atoms with Gasteiger partial charge in [-0.15, -0.1) is 5.53 Å². The molecular weight excluding hydrogens is 243 g/mol. The summed E-state index contributed by atoms with van der Waals surface area (Å²) in [6.07, 6.45) is 3.56. The van der Waals surface area contributed by atoms with E-state index in [4.69, 9.17) is 5.53 Å². The molecule has 4 nitrogen and oxygen atoms in total. The molecular formula is C14H17FN4. The van der Waals surface area contributed by atoms with E-state index in [0.717, 1.165) is 19.5 Å².